The zero-order valence-electron chi connectivity index (χ0n) is 10.6. The van der Waals surface area contributed by atoms with Gasteiger partial charge in [0.1, 0.15) is 0 Å². The van der Waals surface area contributed by atoms with Gasteiger partial charge in [-0.2, -0.15) is 0 Å². The van der Waals surface area contributed by atoms with Gasteiger partial charge in [0, 0.05) is 30.4 Å². The van der Waals surface area contributed by atoms with Gasteiger partial charge in [0.2, 0.25) is 0 Å². The van der Waals surface area contributed by atoms with Crippen LogP contribution in [0.25, 0.3) is 0 Å². The quantitative estimate of drug-likeness (QED) is 0.842. The minimum Gasteiger partial charge on any atom is -0.351 e. The molecule has 2 aromatic heterocycles. The van der Waals surface area contributed by atoms with Crippen LogP contribution in [-0.4, -0.2) is 22.0 Å². The van der Waals surface area contributed by atoms with Crippen LogP contribution in [-0.2, 0) is 6.54 Å². The molecule has 5 heteroatoms. The standard InChI is InChI=1S/C13H17N3OS/c1-10-8-12(18-11(10)2)13(17)15-4-3-6-16-7-5-14-9-16/h5,7-9H,3-4,6H2,1-2H3,(H,15,17). The van der Waals surface area contributed by atoms with E-state index in [0.717, 1.165) is 17.8 Å². The summed E-state index contributed by atoms with van der Waals surface area (Å²) in [6, 6.07) is 1.95. The zero-order chi connectivity index (χ0) is 13.0. The van der Waals surface area contributed by atoms with Crippen LogP contribution in [0, 0.1) is 13.8 Å². The maximum Gasteiger partial charge on any atom is 0.261 e. The first-order valence-electron chi connectivity index (χ1n) is 5.98. The van der Waals surface area contributed by atoms with Crippen LogP contribution in [0.1, 0.15) is 26.5 Å². The molecule has 18 heavy (non-hydrogen) atoms. The lowest BCUT2D eigenvalue weighted by atomic mass is 10.3. The van der Waals surface area contributed by atoms with E-state index in [1.807, 2.05) is 30.7 Å². The van der Waals surface area contributed by atoms with Gasteiger partial charge in [0.15, 0.2) is 0 Å². The highest BCUT2D eigenvalue weighted by atomic mass is 32.1. The van der Waals surface area contributed by atoms with Crippen molar-refractivity contribution in [3.63, 3.8) is 0 Å². The average Bonchev–Trinajstić information content (AvgIpc) is 2.96. The van der Waals surface area contributed by atoms with E-state index in [1.165, 1.54) is 10.4 Å². The molecule has 1 amide bonds. The Balaban J connectivity index is 1.75. The molecule has 0 spiro atoms. The SMILES string of the molecule is Cc1cc(C(=O)NCCCn2ccnc2)sc1C. The number of rotatable bonds is 5. The number of nitrogens with zero attached hydrogens (tertiary/aromatic N) is 2. The normalized spacial score (nSPS) is 10.6. The second-order valence-corrected chi connectivity index (χ2v) is 5.52. The predicted molar refractivity (Wildman–Crippen MR) is 73.0 cm³/mol. The van der Waals surface area contributed by atoms with E-state index in [4.69, 9.17) is 0 Å². The number of thiophene rings is 1. The van der Waals surface area contributed by atoms with Crippen molar-refractivity contribution in [3.05, 3.63) is 40.1 Å². The summed E-state index contributed by atoms with van der Waals surface area (Å²) in [6.45, 7) is 5.63. The second-order valence-electron chi connectivity index (χ2n) is 4.26. The number of carbonyl (C=O) groups excluding carboxylic acids is 1. The van der Waals surface area contributed by atoms with Crippen molar-refractivity contribution < 1.29 is 4.79 Å². The fourth-order valence-corrected chi connectivity index (χ4v) is 2.61. The maximum absolute atomic E-state index is 11.9. The molecule has 0 saturated heterocycles. The summed E-state index contributed by atoms with van der Waals surface area (Å²) in [7, 11) is 0. The van der Waals surface area contributed by atoms with Gasteiger partial charge in [-0.25, -0.2) is 4.98 Å². The van der Waals surface area contributed by atoms with Crippen molar-refractivity contribution in [3.8, 4) is 0 Å². The lowest BCUT2D eigenvalue weighted by Crippen LogP contribution is -2.24. The Kier molecular flexibility index (Phi) is 4.15. The monoisotopic (exact) mass is 263 g/mol. The summed E-state index contributed by atoms with van der Waals surface area (Å²) in [5.41, 5.74) is 1.18. The first kappa shape index (κ1) is 12.8. The predicted octanol–water partition coefficient (Wildman–Crippen LogP) is 2.38. The number of hydrogen-bond acceptors (Lipinski definition) is 3. The van der Waals surface area contributed by atoms with E-state index in [2.05, 4.69) is 10.3 Å². The van der Waals surface area contributed by atoms with Crippen LogP contribution in [0.15, 0.2) is 24.8 Å². The van der Waals surface area contributed by atoms with E-state index < -0.39 is 0 Å². The van der Waals surface area contributed by atoms with Crippen LogP contribution in [0.2, 0.25) is 0 Å². The number of amides is 1. The third-order valence-electron chi connectivity index (χ3n) is 2.83. The Labute approximate surface area is 111 Å². The third kappa shape index (κ3) is 3.20. The molecule has 0 aliphatic heterocycles. The molecule has 1 N–H and O–H groups in total. The Morgan fingerprint density at radius 2 is 2.33 bits per heavy atom. The summed E-state index contributed by atoms with van der Waals surface area (Å²) in [6.07, 6.45) is 6.38. The Morgan fingerprint density at radius 1 is 1.50 bits per heavy atom. The van der Waals surface area contributed by atoms with Gasteiger partial charge in [0.25, 0.3) is 5.91 Å². The number of carbonyl (C=O) groups is 1. The highest BCUT2D eigenvalue weighted by Crippen LogP contribution is 2.20. The number of imidazole rings is 1. The molecule has 0 aromatic carbocycles. The van der Waals surface area contributed by atoms with E-state index in [1.54, 1.807) is 23.9 Å². The van der Waals surface area contributed by atoms with Gasteiger partial charge in [-0.3, -0.25) is 4.79 Å². The minimum absolute atomic E-state index is 0.0295. The zero-order valence-corrected chi connectivity index (χ0v) is 11.5. The first-order chi connectivity index (χ1) is 8.66. The number of hydrogen-bond donors (Lipinski definition) is 1. The Bertz CT molecular complexity index is 497. The smallest absolute Gasteiger partial charge is 0.261 e. The first-order valence-corrected chi connectivity index (χ1v) is 6.79. The van der Waals surface area contributed by atoms with Crippen LogP contribution >= 0.6 is 11.3 Å². The van der Waals surface area contributed by atoms with Crippen molar-refractivity contribution in [2.75, 3.05) is 6.54 Å². The van der Waals surface area contributed by atoms with Gasteiger partial charge < -0.3 is 9.88 Å². The van der Waals surface area contributed by atoms with Crippen molar-refractivity contribution in [2.24, 2.45) is 0 Å². The van der Waals surface area contributed by atoms with Gasteiger partial charge in [0.05, 0.1) is 11.2 Å². The Hall–Kier alpha value is -1.62. The van der Waals surface area contributed by atoms with Gasteiger partial charge in [-0.1, -0.05) is 0 Å². The van der Waals surface area contributed by atoms with Crippen LogP contribution < -0.4 is 5.32 Å². The summed E-state index contributed by atoms with van der Waals surface area (Å²) < 4.78 is 2.01. The molecule has 2 aromatic rings. The van der Waals surface area contributed by atoms with E-state index in [-0.39, 0.29) is 5.91 Å². The summed E-state index contributed by atoms with van der Waals surface area (Å²) in [4.78, 5) is 17.8. The summed E-state index contributed by atoms with van der Waals surface area (Å²) in [5, 5.41) is 2.94. The molecular formula is C13H17N3OS. The van der Waals surface area contributed by atoms with Crippen molar-refractivity contribution in [1.29, 1.82) is 0 Å². The van der Waals surface area contributed by atoms with Gasteiger partial charge >= 0.3 is 0 Å². The van der Waals surface area contributed by atoms with Gasteiger partial charge in [-0.05, 0) is 31.9 Å². The molecule has 0 atom stereocenters. The second kappa shape index (κ2) is 5.82. The molecule has 2 rings (SSSR count). The lowest BCUT2D eigenvalue weighted by molar-refractivity contribution is 0.0956. The molecule has 0 aliphatic carbocycles. The molecule has 0 unspecified atom stereocenters. The number of aryl methyl sites for hydroxylation is 3. The largest absolute Gasteiger partial charge is 0.351 e. The maximum atomic E-state index is 11.9. The molecule has 0 bridgehead atoms. The molecule has 0 radical (unpaired) electrons. The highest BCUT2D eigenvalue weighted by Gasteiger charge is 2.09. The van der Waals surface area contributed by atoms with Crippen LogP contribution in [0.3, 0.4) is 0 Å². The van der Waals surface area contributed by atoms with Crippen LogP contribution in [0.5, 0.6) is 0 Å². The molecule has 96 valence electrons. The van der Waals surface area contributed by atoms with E-state index in [0.29, 0.717) is 6.54 Å². The molecule has 2 heterocycles. The number of nitrogens with one attached hydrogen (secondary N) is 1. The topological polar surface area (TPSA) is 46.9 Å². The number of aromatic nitrogens is 2. The fourth-order valence-electron chi connectivity index (χ4n) is 1.65. The van der Waals surface area contributed by atoms with Crippen molar-refractivity contribution in [2.45, 2.75) is 26.8 Å². The van der Waals surface area contributed by atoms with E-state index >= 15 is 0 Å². The molecule has 0 fully saturated rings. The molecule has 0 aliphatic rings. The van der Waals surface area contributed by atoms with Crippen molar-refractivity contribution >= 4 is 17.2 Å². The highest BCUT2D eigenvalue weighted by molar-refractivity contribution is 7.14. The Morgan fingerprint density at radius 3 is 2.94 bits per heavy atom. The molecular weight excluding hydrogens is 246 g/mol. The molecule has 0 saturated carbocycles. The van der Waals surface area contributed by atoms with Gasteiger partial charge in [-0.15, -0.1) is 11.3 Å². The minimum atomic E-state index is 0.0295. The van der Waals surface area contributed by atoms with Crippen LogP contribution in [0.4, 0.5) is 0 Å². The summed E-state index contributed by atoms with van der Waals surface area (Å²) in [5.74, 6) is 0.0295. The fraction of sp³-hybridized carbons (Fsp3) is 0.385. The third-order valence-corrected chi connectivity index (χ3v) is 3.98. The van der Waals surface area contributed by atoms with E-state index in [9.17, 15) is 4.79 Å². The summed E-state index contributed by atoms with van der Waals surface area (Å²) >= 11 is 1.55. The molecule has 4 nitrogen and oxygen atoms in total. The van der Waals surface area contributed by atoms with Crippen molar-refractivity contribution in [1.82, 2.24) is 14.9 Å². The lowest BCUT2D eigenvalue weighted by Gasteiger charge is -2.04. The average molecular weight is 263 g/mol.